The molecule has 0 radical (unpaired) electrons. The Morgan fingerprint density at radius 2 is 1.97 bits per heavy atom. The van der Waals surface area contributed by atoms with Crippen molar-refractivity contribution in [2.75, 3.05) is 6.54 Å². The van der Waals surface area contributed by atoms with E-state index in [1.165, 1.54) is 19.1 Å². The Balaban J connectivity index is 1.92. The Labute approximate surface area is 192 Å². The summed E-state index contributed by atoms with van der Waals surface area (Å²) < 4.78 is 4.89. The number of aryl methyl sites for hydroxylation is 1. The molecule has 2 rings (SSSR count). The van der Waals surface area contributed by atoms with E-state index < -0.39 is 18.0 Å². The lowest BCUT2D eigenvalue weighted by Gasteiger charge is -2.21. The van der Waals surface area contributed by atoms with Crippen LogP contribution < -0.4 is 16.0 Å². The third-order valence-corrected chi connectivity index (χ3v) is 5.37. The Morgan fingerprint density at radius 1 is 1.24 bits per heavy atom. The van der Waals surface area contributed by atoms with E-state index in [0.29, 0.717) is 25.1 Å². The monoisotopic (exact) mass is 460 g/mol. The Hall–Kier alpha value is -3.30. The van der Waals surface area contributed by atoms with E-state index in [9.17, 15) is 24.0 Å². The number of carbonyl (C=O) groups excluding carboxylic acids is 5. The van der Waals surface area contributed by atoms with Gasteiger partial charge >= 0.3 is 0 Å². The Kier molecular flexibility index (Phi) is 9.50. The lowest BCUT2D eigenvalue weighted by Crippen LogP contribution is -2.45. The predicted octanol–water partition coefficient (Wildman–Crippen LogP) is 1.24. The number of carbonyl (C=O) groups is 5. The molecule has 1 saturated heterocycles. The largest absolute Gasteiger partial charge is 0.361 e. The van der Waals surface area contributed by atoms with Gasteiger partial charge in [-0.25, -0.2) is 0 Å². The first-order valence-electron chi connectivity index (χ1n) is 11.1. The number of Topliss-reactive ketones (excluding diaryl/α,β-unsaturated/α-hetero) is 1. The molecule has 3 amide bonds. The van der Waals surface area contributed by atoms with Gasteiger partial charge in [0.25, 0.3) is 5.91 Å². The second-order valence-corrected chi connectivity index (χ2v) is 8.64. The summed E-state index contributed by atoms with van der Waals surface area (Å²) in [6.07, 6.45) is 3.82. The van der Waals surface area contributed by atoms with Crippen LogP contribution >= 0.6 is 0 Å². The van der Waals surface area contributed by atoms with E-state index >= 15 is 0 Å². The lowest BCUT2D eigenvalue weighted by atomic mass is 9.96. The second-order valence-electron chi connectivity index (χ2n) is 8.64. The highest BCUT2D eigenvalue weighted by Crippen LogP contribution is 2.17. The fourth-order valence-electron chi connectivity index (χ4n) is 3.59. The van der Waals surface area contributed by atoms with Crippen molar-refractivity contribution in [2.24, 2.45) is 11.8 Å². The highest BCUT2D eigenvalue weighted by molar-refractivity contribution is 5.97. The van der Waals surface area contributed by atoms with Gasteiger partial charge in [0.15, 0.2) is 17.3 Å². The van der Waals surface area contributed by atoms with Crippen LogP contribution in [0.25, 0.3) is 0 Å². The number of ketones is 2. The number of allylic oxidation sites excluding steroid dienone is 1. The minimum Gasteiger partial charge on any atom is -0.361 e. The molecule has 0 saturated carbocycles. The quantitative estimate of drug-likeness (QED) is 0.398. The van der Waals surface area contributed by atoms with Crippen molar-refractivity contribution in [3.8, 4) is 0 Å². The van der Waals surface area contributed by atoms with Crippen molar-refractivity contribution >= 4 is 29.3 Å². The van der Waals surface area contributed by atoms with Crippen LogP contribution in [0.15, 0.2) is 22.7 Å². The molecule has 1 aliphatic heterocycles. The third kappa shape index (κ3) is 8.28. The molecule has 0 aromatic carbocycles. The zero-order valence-electron chi connectivity index (χ0n) is 19.5. The van der Waals surface area contributed by atoms with E-state index in [1.54, 1.807) is 26.8 Å². The molecule has 3 N–H and O–H groups in total. The van der Waals surface area contributed by atoms with Gasteiger partial charge in [-0.2, -0.15) is 0 Å². The third-order valence-electron chi connectivity index (χ3n) is 5.37. The average Bonchev–Trinajstić information content (AvgIpc) is 3.36. The maximum Gasteiger partial charge on any atom is 0.274 e. The molecule has 33 heavy (non-hydrogen) atoms. The fourth-order valence-corrected chi connectivity index (χ4v) is 3.59. The van der Waals surface area contributed by atoms with Crippen LogP contribution in [0.3, 0.4) is 0 Å². The number of amides is 3. The molecule has 10 nitrogen and oxygen atoms in total. The maximum atomic E-state index is 12.7. The minimum atomic E-state index is -0.780. The van der Waals surface area contributed by atoms with Gasteiger partial charge in [-0.05, 0) is 38.7 Å². The molecular weight excluding hydrogens is 428 g/mol. The topological polar surface area (TPSA) is 147 Å². The van der Waals surface area contributed by atoms with Gasteiger partial charge in [-0.1, -0.05) is 25.1 Å². The van der Waals surface area contributed by atoms with Gasteiger partial charge in [-0.3, -0.25) is 24.0 Å². The van der Waals surface area contributed by atoms with E-state index in [2.05, 4.69) is 21.1 Å². The van der Waals surface area contributed by atoms with Gasteiger partial charge in [0.2, 0.25) is 11.8 Å². The number of hydrogen-bond acceptors (Lipinski definition) is 7. The first kappa shape index (κ1) is 26.0. The molecule has 0 aliphatic carbocycles. The van der Waals surface area contributed by atoms with Crippen LogP contribution in [-0.2, 0) is 19.2 Å². The summed E-state index contributed by atoms with van der Waals surface area (Å²) in [5.41, 5.74) is 0.0831. The first-order valence-corrected chi connectivity index (χ1v) is 11.1. The average molecular weight is 461 g/mol. The van der Waals surface area contributed by atoms with Crippen molar-refractivity contribution in [3.63, 3.8) is 0 Å². The summed E-state index contributed by atoms with van der Waals surface area (Å²) in [5, 5.41) is 11.9. The number of nitrogens with zero attached hydrogens (tertiary/aromatic N) is 1. The number of aromatic nitrogens is 1. The van der Waals surface area contributed by atoms with Gasteiger partial charge in [0, 0.05) is 37.4 Å². The van der Waals surface area contributed by atoms with Crippen LogP contribution in [-0.4, -0.2) is 53.1 Å². The van der Waals surface area contributed by atoms with Crippen LogP contribution in [0.1, 0.15) is 62.7 Å². The first-order chi connectivity index (χ1) is 15.6. The summed E-state index contributed by atoms with van der Waals surface area (Å²) in [4.78, 5) is 60.8. The second kappa shape index (κ2) is 12.1. The lowest BCUT2D eigenvalue weighted by molar-refractivity contribution is -0.127. The summed E-state index contributed by atoms with van der Waals surface area (Å²) >= 11 is 0. The molecule has 1 aromatic heterocycles. The predicted molar refractivity (Wildman–Crippen MR) is 119 cm³/mol. The van der Waals surface area contributed by atoms with Crippen molar-refractivity contribution in [3.05, 3.63) is 29.7 Å². The summed E-state index contributed by atoms with van der Waals surface area (Å²) in [6.45, 7) is 7.24. The smallest absolute Gasteiger partial charge is 0.274 e. The highest BCUT2D eigenvalue weighted by Gasteiger charge is 2.28. The van der Waals surface area contributed by atoms with Gasteiger partial charge in [0.05, 0.1) is 6.04 Å². The SMILES string of the molecule is CC(=O)/C=C/C(CC1CCNC1=O)NC(=O)CCC(=O)C(NC(=O)c1cc(C)on1)C(C)C. The molecule has 3 atom stereocenters. The zero-order valence-corrected chi connectivity index (χ0v) is 19.5. The molecule has 1 aliphatic rings. The van der Waals surface area contributed by atoms with Crippen molar-refractivity contribution in [1.82, 2.24) is 21.1 Å². The molecule has 0 spiro atoms. The molecule has 10 heteroatoms. The van der Waals surface area contributed by atoms with Crippen LogP contribution in [0.5, 0.6) is 0 Å². The number of rotatable bonds is 12. The van der Waals surface area contributed by atoms with Gasteiger partial charge in [0.1, 0.15) is 5.76 Å². The van der Waals surface area contributed by atoms with Crippen LogP contribution in [0, 0.1) is 18.8 Å². The molecule has 0 bridgehead atoms. The van der Waals surface area contributed by atoms with E-state index in [1.807, 2.05) is 0 Å². The number of hydrogen-bond donors (Lipinski definition) is 3. The molecular formula is C23H32N4O6. The molecule has 1 fully saturated rings. The van der Waals surface area contributed by atoms with Gasteiger partial charge < -0.3 is 20.5 Å². The van der Waals surface area contributed by atoms with Crippen molar-refractivity contribution in [1.29, 1.82) is 0 Å². The molecule has 1 aromatic rings. The Bertz CT molecular complexity index is 920. The van der Waals surface area contributed by atoms with Crippen molar-refractivity contribution in [2.45, 2.75) is 65.5 Å². The molecule has 3 unspecified atom stereocenters. The van der Waals surface area contributed by atoms with E-state index in [4.69, 9.17) is 4.52 Å². The number of nitrogens with one attached hydrogen (secondary N) is 3. The zero-order chi connectivity index (χ0) is 24.5. The van der Waals surface area contributed by atoms with Crippen LogP contribution in [0.4, 0.5) is 0 Å². The van der Waals surface area contributed by atoms with Crippen molar-refractivity contribution < 1.29 is 28.5 Å². The molecule has 180 valence electrons. The summed E-state index contributed by atoms with van der Waals surface area (Å²) in [7, 11) is 0. The maximum absolute atomic E-state index is 12.7. The van der Waals surface area contributed by atoms with Crippen LogP contribution in [0.2, 0.25) is 0 Å². The van der Waals surface area contributed by atoms with E-state index in [-0.39, 0.29) is 53.8 Å². The Morgan fingerprint density at radius 3 is 2.52 bits per heavy atom. The highest BCUT2D eigenvalue weighted by atomic mass is 16.5. The fraction of sp³-hybridized carbons (Fsp3) is 0.565. The van der Waals surface area contributed by atoms with Gasteiger partial charge in [-0.15, -0.1) is 0 Å². The normalized spacial score (nSPS) is 17.6. The summed E-state index contributed by atoms with van der Waals surface area (Å²) in [6, 6.07) is 0.198. The standard InChI is InChI=1S/C23H32N4O6/c1-13(2)21(26-23(32)18-11-15(4)33-27-18)19(29)7-8-20(30)25-17(6-5-14(3)28)12-16-9-10-24-22(16)31/h5-6,11,13,16-17,21H,7-10,12H2,1-4H3,(H,24,31)(H,25,30)(H,26,32)/b6-5+. The van der Waals surface area contributed by atoms with E-state index in [0.717, 1.165) is 0 Å². The minimum absolute atomic E-state index is 0.0696. The summed E-state index contributed by atoms with van der Waals surface area (Å²) in [5.74, 6) is -1.36. The molecule has 2 heterocycles.